The average Bonchev–Trinajstić information content (AvgIpc) is 3.32. The highest BCUT2D eigenvalue weighted by Gasteiger charge is 2.33. The zero-order valence-corrected chi connectivity index (χ0v) is 15.8. The number of nitrogens with zero attached hydrogens (tertiary/aromatic N) is 3. The van der Waals surface area contributed by atoms with E-state index in [1.807, 2.05) is 24.3 Å². The summed E-state index contributed by atoms with van der Waals surface area (Å²) in [6, 6.07) is 11.8. The molecule has 1 aliphatic heterocycles. The van der Waals surface area contributed by atoms with Crippen molar-refractivity contribution in [2.24, 2.45) is 0 Å². The molecule has 28 heavy (non-hydrogen) atoms. The van der Waals surface area contributed by atoms with E-state index in [2.05, 4.69) is 10.1 Å². The second kappa shape index (κ2) is 7.59. The molecule has 4 rings (SSSR count). The molecular weight excluding hydrogens is 385 g/mol. The van der Waals surface area contributed by atoms with E-state index in [9.17, 15) is 9.18 Å². The molecule has 8 heteroatoms. The molecule has 1 aromatic heterocycles. The molecule has 0 spiro atoms. The van der Waals surface area contributed by atoms with Crippen molar-refractivity contribution >= 4 is 17.5 Å². The van der Waals surface area contributed by atoms with E-state index in [1.165, 1.54) is 12.1 Å². The van der Waals surface area contributed by atoms with Gasteiger partial charge in [-0.25, -0.2) is 4.39 Å². The highest BCUT2D eigenvalue weighted by atomic mass is 35.5. The monoisotopic (exact) mass is 401 g/mol. The van der Waals surface area contributed by atoms with Gasteiger partial charge in [-0.05, 0) is 35.9 Å². The van der Waals surface area contributed by atoms with Crippen molar-refractivity contribution in [3.8, 4) is 17.2 Å². The van der Waals surface area contributed by atoms with E-state index in [0.717, 1.165) is 11.1 Å². The van der Waals surface area contributed by atoms with E-state index >= 15 is 0 Å². The number of aromatic nitrogens is 2. The van der Waals surface area contributed by atoms with Crippen LogP contribution in [0, 0.1) is 5.82 Å². The molecule has 0 bridgehead atoms. The van der Waals surface area contributed by atoms with Crippen LogP contribution in [0.5, 0.6) is 5.75 Å². The minimum atomic E-state index is -0.479. The van der Waals surface area contributed by atoms with Gasteiger partial charge in [-0.1, -0.05) is 28.9 Å². The summed E-state index contributed by atoms with van der Waals surface area (Å²) < 4.78 is 23.9. The Kier molecular flexibility index (Phi) is 5.00. The van der Waals surface area contributed by atoms with Crippen LogP contribution in [0.4, 0.5) is 4.39 Å². The number of hydrogen-bond donors (Lipinski definition) is 0. The molecule has 0 radical (unpaired) electrons. The fourth-order valence-electron chi connectivity index (χ4n) is 3.23. The number of benzene rings is 2. The largest absolute Gasteiger partial charge is 0.497 e. The molecule has 0 saturated carbocycles. The Balaban J connectivity index is 1.48. The predicted molar refractivity (Wildman–Crippen MR) is 100 cm³/mol. The minimum Gasteiger partial charge on any atom is -0.497 e. The van der Waals surface area contributed by atoms with Crippen LogP contribution in [-0.4, -0.2) is 34.6 Å². The van der Waals surface area contributed by atoms with E-state index in [-0.39, 0.29) is 16.8 Å². The first-order valence-corrected chi connectivity index (χ1v) is 9.11. The molecule has 1 aliphatic rings. The zero-order valence-electron chi connectivity index (χ0n) is 15.1. The first-order valence-electron chi connectivity index (χ1n) is 8.73. The summed E-state index contributed by atoms with van der Waals surface area (Å²) in [6.07, 6.45) is 0.298. The summed E-state index contributed by atoms with van der Waals surface area (Å²) in [7, 11) is 1.59. The van der Waals surface area contributed by atoms with Gasteiger partial charge in [0.05, 0.1) is 12.1 Å². The van der Waals surface area contributed by atoms with E-state index in [0.29, 0.717) is 37.0 Å². The number of hydrogen-bond acceptors (Lipinski definition) is 5. The zero-order chi connectivity index (χ0) is 19.7. The number of halogens is 2. The molecule has 0 N–H and O–H groups in total. The summed E-state index contributed by atoms with van der Waals surface area (Å²) in [5.41, 5.74) is 1.52. The smallest absolute Gasteiger partial charge is 0.258 e. The molecule has 1 saturated heterocycles. The molecule has 0 aliphatic carbocycles. The second-order valence-corrected chi connectivity index (χ2v) is 7.02. The lowest BCUT2D eigenvalue weighted by atomic mass is 10.1. The van der Waals surface area contributed by atoms with Crippen LogP contribution >= 0.6 is 11.6 Å². The summed E-state index contributed by atoms with van der Waals surface area (Å²) in [6.45, 7) is 0.820. The Morgan fingerprint density at radius 1 is 1.32 bits per heavy atom. The molecule has 1 unspecified atom stereocenters. The summed E-state index contributed by atoms with van der Waals surface area (Å²) in [4.78, 5) is 18.5. The third kappa shape index (κ3) is 3.71. The predicted octanol–water partition coefficient (Wildman–Crippen LogP) is 4.05. The molecule has 1 amide bonds. The van der Waals surface area contributed by atoms with Gasteiger partial charge in [-0.15, -0.1) is 0 Å². The molecule has 2 heterocycles. The fraction of sp³-hybridized carbons (Fsp3) is 0.250. The van der Waals surface area contributed by atoms with Crippen molar-refractivity contribution in [2.45, 2.75) is 18.9 Å². The highest BCUT2D eigenvalue weighted by molar-refractivity contribution is 6.30. The van der Waals surface area contributed by atoms with Crippen LogP contribution in [0.3, 0.4) is 0 Å². The van der Waals surface area contributed by atoms with Crippen LogP contribution in [0.25, 0.3) is 11.5 Å². The molecule has 1 atom stereocenters. The SMILES string of the molecule is COc1cccc(-c2nc(C3CC(=O)N(Cc4ccc(F)c(Cl)c4)C3)no2)c1. The van der Waals surface area contributed by atoms with Crippen molar-refractivity contribution < 1.29 is 18.4 Å². The van der Waals surface area contributed by atoms with Crippen LogP contribution in [0.2, 0.25) is 5.02 Å². The first kappa shape index (κ1) is 18.4. The number of carbonyl (C=O) groups excluding carboxylic acids is 1. The summed E-state index contributed by atoms with van der Waals surface area (Å²) in [5.74, 6) is 0.908. The maximum absolute atomic E-state index is 13.3. The number of carbonyl (C=O) groups is 1. The molecular formula is C20H17ClFN3O3. The van der Waals surface area contributed by atoms with Gasteiger partial charge in [0.2, 0.25) is 5.91 Å². The normalized spacial score (nSPS) is 16.6. The lowest BCUT2D eigenvalue weighted by molar-refractivity contribution is -0.128. The Labute approximate surface area is 165 Å². The van der Waals surface area contributed by atoms with Crippen molar-refractivity contribution in [1.82, 2.24) is 15.0 Å². The number of ether oxygens (including phenoxy) is 1. The summed E-state index contributed by atoms with van der Waals surface area (Å²) in [5, 5.41) is 4.10. The number of likely N-dealkylation sites (tertiary alicyclic amines) is 1. The van der Waals surface area contributed by atoms with Gasteiger partial charge < -0.3 is 14.2 Å². The van der Waals surface area contributed by atoms with E-state index in [1.54, 1.807) is 18.1 Å². The quantitative estimate of drug-likeness (QED) is 0.645. The lowest BCUT2D eigenvalue weighted by Crippen LogP contribution is -2.24. The number of amides is 1. The third-order valence-electron chi connectivity index (χ3n) is 4.70. The van der Waals surface area contributed by atoms with Gasteiger partial charge >= 0.3 is 0 Å². The Hall–Kier alpha value is -2.93. The topological polar surface area (TPSA) is 68.5 Å². The van der Waals surface area contributed by atoms with E-state index < -0.39 is 5.82 Å². The first-order chi connectivity index (χ1) is 13.5. The minimum absolute atomic E-state index is 0.0156. The molecule has 3 aromatic rings. The third-order valence-corrected chi connectivity index (χ3v) is 4.99. The molecule has 144 valence electrons. The molecule has 1 fully saturated rings. The molecule has 2 aromatic carbocycles. The lowest BCUT2D eigenvalue weighted by Gasteiger charge is -2.16. The van der Waals surface area contributed by atoms with Gasteiger partial charge in [0.1, 0.15) is 11.6 Å². The fourth-order valence-corrected chi connectivity index (χ4v) is 3.43. The average molecular weight is 402 g/mol. The van der Waals surface area contributed by atoms with Crippen molar-refractivity contribution in [3.05, 3.63) is 64.7 Å². The van der Waals surface area contributed by atoms with Crippen LogP contribution < -0.4 is 4.74 Å². The Morgan fingerprint density at radius 3 is 2.96 bits per heavy atom. The van der Waals surface area contributed by atoms with Crippen molar-refractivity contribution in [1.29, 1.82) is 0 Å². The van der Waals surface area contributed by atoms with Gasteiger partial charge in [-0.2, -0.15) is 4.98 Å². The standard InChI is InChI=1S/C20H17ClFN3O3/c1-27-15-4-2-3-13(8-15)20-23-19(24-28-20)14-9-18(26)25(11-14)10-12-5-6-17(22)16(21)7-12/h2-8,14H,9-11H2,1H3. The highest BCUT2D eigenvalue weighted by Crippen LogP contribution is 2.30. The van der Waals surface area contributed by atoms with Gasteiger partial charge in [0, 0.05) is 31.0 Å². The van der Waals surface area contributed by atoms with Gasteiger partial charge in [0.25, 0.3) is 5.89 Å². The summed E-state index contributed by atoms with van der Waals surface area (Å²) >= 11 is 5.82. The van der Waals surface area contributed by atoms with Crippen LogP contribution in [0.15, 0.2) is 47.0 Å². The number of methoxy groups -OCH3 is 1. The van der Waals surface area contributed by atoms with Crippen molar-refractivity contribution in [3.63, 3.8) is 0 Å². The van der Waals surface area contributed by atoms with Gasteiger partial charge in [-0.3, -0.25) is 4.79 Å². The maximum Gasteiger partial charge on any atom is 0.258 e. The van der Waals surface area contributed by atoms with Crippen molar-refractivity contribution in [2.75, 3.05) is 13.7 Å². The van der Waals surface area contributed by atoms with Crippen LogP contribution in [-0.2, 0) is 11.3 Å². The molecule has 6 nitrogen and oxygen atoms in total. The Bertz CT molecular complexity index is 1020. The van der Waals surface area contributed by atoms with Crippen LogP contribution in [0.1, 0.15) is 23.7 Å². The maximum atomic E-state index is 13.3. The Morgan fingerprint density at radius 2 is 2.18 bits per heavy atom. The number of rotatable bonds is 5. The van der Waals surface area contributed by atoms with Gasteiger partial charge in [0.15, 0.2) is 5.82 Å². The second-order valence-electron chi connectivity index (χ2n) is 6.61. The van der Waals surface area contributed by atoms with E-state index in [4.69, 9.17) is 20.9 Å².